The van der Waals surface area contributed by atoms with Crippen molar-refractivity contribution in [3.63, 3.8) is 0 Å². The highest BCUT2D eigenvalue weighted by molar-refractivity contribution is 6.07. The molecule has 3 N–H and O–H groups in total. The van der Waals surface area contributed by atoms with Crippen LogP contribution in [0.4, 0.5) is 0 Å². The summed E-state index contributed by atoms with van der Waals surface area (Å²) in [7, 11) is 1.69. The molecule has 2 saturated carbocycles. The van der Waals surface area contributed by atoms with E-state index in [2.05, 4.69) is 5.32 Å². The Balaban J connectivity index is 1.90. The highest BCUT2D eigenvalue weighted by Gasteiger charge is 2.55. The van der Waals surface area contributed by atoms with Crippen LogP contribution in [0.25, 0.3) is 0 Å². The minimum atomic E-state index is -0.910. The maximum atomic E-state index is 12.0. The normalized spacial score (nSPS) is 23.6. The first-order chi connectivity index (χ1) is 8.55. The number of nitrogens with one attached hydrogen (secondary N) is 1. The minimum absolute atomic E-state index is 0.0537. The van der Waals surface area contributed by atoms with Gasteiger partial charge >= 0.3 is 0 Å². The molecule has 0 saturated heterocycles. The Labute approximate surface area is 107 Å². The van der Waals surface area contributed by atoms with Crippen LogP contribution in [-0.2, 0) is 14.3 Å². The van der Waals surface area contributed by atoms with Crippen LogP contribution in [0.5, 0.6) is 0 Å². The van der Waals surface area contributed by atoms with Crippen molar-refractivity contribution in [3.05, 3.63) is 0 Å². The van der Waals surface area contributed by atoms with E-state index in [1.54, 1.807) is 7.11 Å². The van der Waals surface area contributed by atoms with Gasteiger partial charge in [-0.15, -0.1) is 0 Å². The number of carbonyl (C=O) groups excluding carboxylic acids is 2. The fourth-order valence-corrected chi connectivity index (χ4v) is 2.95. The molecule has 0 spiro atoms. The largest absolute Gasteiger partial charge is 0.384 e. The average molecular weight is 254 g/mol. The van der Waals surface area contributed by atoms with E-state index in [1.165, 1.54) is 12.8 Å². The Kier molecular flexibility index (Phi) is 3.61. The number of rotatable bonds is 6. The number of carbonyl (C=O) groups is 2. The molecule has 0 heterocycles. The average Bonchev–Trinajstić information content (AvgIpc) is 3.04. The highest BCUT2D eigenvalue weighted by atomic mass is 16.5. The molecule has 0 unspecified atom stereocenters. The minimum Gasteiger partial charge on any atom is -0.384 e. The van der Waals surface area contributed by atoms with Gasteiger partial charge in [-0.3, -0.25) is 9.59 Å². The molecule has 102 valence electrons. The number of primary amides is 1. The third kappa shape index (κ3) is 2.36. The van der Waals surface area contributed by atoms with Gasteiger partial charge in [0.1, 0.15) is 5.41 Å². The second kappa shape index (κ2) is 4.88. The Morgan fingerprint density at radius 2 is 1.83 bits per heavy atom. The molecule has 0 aliphatic heterocycles. The SMILES string of the molecule is COCC1(CNC(=O)C2(C(N)=O)CC2)CCCC1. The van der Waals surface area contributed by atoms with Crippen molar-refractivity contribution < 1.29 is 14.3 Å². The molecule has 18 heavy (non-hydrogen) atoms. The molecular formula is C13H22N2O3. The second-order valence-corrected chi connectivity index (χ2v) is 5.77. The Hall–Kier alpha value is -1.10. The molecule has 0 bridgehead atoms. The van der Waals surface area contributed by atoms with Crippen molar-refractivity contribution in [1.82, 2.24) is 5.32 Å². The molecule has 2 aliphatic rings. The van der Waals surface area contributed by atoms with E-state index < -0.39 is 11.3 Å². The molecule has 2 amide bonds. The van der Waals surface area contributed by atoms with Crippen LogP contribution in [0.3, 0.4) is 0 Å². The maximum absolute atomic E-state index is 12.0. The van der Waals surface area contributed by atoms with Crippen molar-refractivity contribution >= 4 is 11.8 Å². The van der Waals surface area contributed by atoms with Crippen molar-refractivity contribution in [2.24, 2.45) is 16.6 Å². The molecule has 5 heteroatoms. The summed E-state index contributed by atoms with van der Waals surface area (Å²) in [5, 5.41) is 2.91. The Bertz CT molecular complexity index is 344. The molecule has 0 aromatic carbocycles. The van der Waals surface area contributed by atoms with Gasteiger partial charge < -0.3 is 15.8 Å². The van der Waals surface area contributed by atoms with Gasteiger partial charge in [0.25, 0.3) is 0 Å². The van der Waals surface area contributed by atoms with Crippen molar-refractivity contribution in [2.45, 2.75) is 38.5 Å². The Morgan fingerprint density at radius 1 is 1.22 bits per heavy atom. The lowest BCUT2D eigenvalue weighted by molar-refractivity contribution is -0.135. The lowest BCUT2D eigenvalue weighted by atomic mass is 9.87. The summed E-state index contributed by atoms with van der Waals surface area (Å²) in [4.78, 5) is 23.3. The van der Waals surface area contributed by atoms with E-state index in [9.17, 15) is 9.59 Å². The van der Waals surface area contributed by atoms with E-state index in [0.29, 0.717) is 26.0 Å². The van der Waals surface area contributed by atoms with Crippen LogP contribution in [0.2, 0.25) is 0 Å². The zero-order chi connectivity index (χ0) is 13.2. The smallest absolute Gasteiger partial charge is 0.235 e. The summed E-state index contributed by atoms with van der Waals surface area (Å²) in [6, 6.07) is 0. The van der Waals surface area contributed by atoms with E-state index in [4.69, 9.17) is 10.5 Å². The monoisotopic (exact) mass is 254 g/mol. The van der Waals surface area contributed by atoms with Gasteiger partial charge in [0, 0.05) is 19.1 Å². The van der Waals surface area contributed by atoms with E-state index >= 15 is 0 Å². The quantitative estimate of drug-likeness (QED) is 0.680. The molecule has 0 aromatic heterocycles. The van der Waals surface area contributed by atoms with Crippen molar-refractivity contribution in [1.29, 1.82) is 0 Å². The molecule has 0 atom stereocenters. The lowest BCUT2D eigenvalue weighted by Gasteiger charge is -2.29. The third-order valence-electron chi connectivity index (χ3n) is 4.39. The molecule has 2 fully saturated rings. The van der Waals surface area contributed by atoms with Gasteiger partial charge in [0.05, 0.1) is 6.61 Å². The van der Waals surface area contributed by atoms with Crippen LogP contribution < -0.4 is 11.1 Å². The summed E-state index contributed by atoms with van der Waals surface area (Å²) in [6.45, 7) is 1.26. The fraction of sp³-hybridized carbons (Fsp3) is 0.846. The van der Waals surface area contributed by atoms with Gasteiger partial charge in [-0.2, -0.15) is 0 Å². The highest BCUT2D eigenvalue weighted by Crippen LogP contribution is 2.46. The van der Waals surface area contributed by atoms with Gasteiger partial charge in [-0.1, -0.05) is 12.8 Å². The molecule has 0 aromatic rings. The number of nitrogens with two attached hydrogens (primary N) is 1. The zero-order valence-corrected chi connectivity index (χ0v) is 11.0. The van der Waals surface area contributed by atoms with E-state index in [0.717, 1.165) is 12.8 Å². The molecule has 0 radical (unpaired) electrons. The second-order valence-electron chi connectivity index (χ2n) is 5.77. The fourth-order valence-electron chi connectivity index (χ4n) is 2.95. The predicted octanol–water partition coefficient (Wildman–Crippen LogP) is 0.575. The van der Waals surface area contributed by atoms with Gasteiger partial charge in [0.15, 0.2) is 0 Å². The topological polar surface area (TPSA) is 81.4 Å². The molecule has 2 rings (SSSR count). The third-order valence-corrected chi connectivity index (χ3v) is 4.39. The van der Waals surface area contributed by atoms with E-state index in [1.807, 2.05) is 0 Å². The summed E-state index contributed by atoms with van der Waals surface area (Å²) >= 11 is 0. The molecule has 2 aliphatic carbocycles. The molecule has 5 nitrogen and oxygen atoms in total. The van der Waals surface area contributed by atoms with Crippen LogP contribution >= 0.6 is 0 Å². The zero-order valence-electron chi connectivity index (χ0n) is 11.0. The number of amides is 2. The number of ether oxygens (including phenoxy) is 1. The number of methoxy groups -OCH3 is 1. The van der Waals surface area contributed by atoms with Crippen LogP contribution in [-0.4, -0.2) is 32.1 Å². The van der Waals surface area contributed by atoms with Gasteiger partial charge in [-0.25, -0.2) is 0 Å². The summed E-state index contributed by atoms with van der Waals surface area (Å²) in [6.07, 6.45) is 5.69. The molecular weight excluding hydrogens is 232 g/mol. The van der Waals surface area contributed by atoms with E-state index in [-0.39, 0.29) is 11.3 Å². The Morgan fingerprint density at radius 3 is 2.28 bits per heavy atom. The summed E-state index contributed by atoms with van der Waals surface area (Å²) in [5.41, 5.74) is 4.43. The predicted molar refractivity (Wildman–Crippen MR) is 66.6 cm³/mol. The summed E-state index contributed by atoms with van der Waals surface area (Å²) < 4.78 is 5.27. The lowest BCUT2D eigenvalue weighted by Crippen LogP contribution is -2.45. The van der Waals surface area contributed by atoms with Crippen LogP contribution in [0, 0.1) is 10.8 Å². The van der Waals surface area contributed by atoms with Gasteiger partial charge in [0.2, 0.25) is 11.8 Å². The first-order valence-electron chi connectivity index (χ1n) is 6.62. The van der Waals surface area contributed by atoms with Crippen molar-refractivity contribution in [2.75, 3.05) is 20.3 Å². The first-order valence-corrected chi connectivity index (χ1v) is 6.62. The van der Waals surface area contributed by atoms with Gasteiger partial charge in [-0.05, 0) is 25.7 Å². The standard InChI is InChI=1S/C13H22N2O3/c1-18-9-12(4-2-3-5-12)8-15-11(17)13(6-7-13)10(14)16/h2-9H2,1H3,(H2,14,16)(H,15,17). The first kappa shape index (κ1) is 13.3. The maximum Gasteiger partial charge on any atom is 0.235 e. The summed E-state index contributed by atoms with van der Waals surface area (Å²) in [5.74, 6) is -0.690. The number of hydrogen-bond donors (Lipinski definition) is 2. The van der Waals surface area contributed by atoms with Crippen LogP contribution in [0.15, 0.2) is 0 Å². The number of hydrogen-bond acceptors (Lipinski definition) is 3. The van der Waals surface area contributed by atoms with Crippen LogP contribution in [0.1, 0.15) is 38.5 Å². The van der Waals surface area contributed by atoms with Crippen molar-refractivity contribution in [3.8, 4) is 0 Å².